The Morgan fingerprint density at radius 1 is 0.929 bits per heavy atom. The fourth-order valence-electron chi connectivity index (χ4n) is 2.63. The minimum Gasteiger partial charge on any atom is -0.370 e. The molecular formula is C21H18F3N3O. The molecule has 0 spiro atoms. The number of carbonyl (C=O) groups is 1. The summed E-state index contributed by atoms with van der Waals surface area (Å²) in [7, 11) is 0. The van der Waals surface area contributed by atoms with Crippen LogP contribution >= 0.6 is 0 Å². The lowest BCUT2D eigenvalue weighted by molar-refractivity contribution is 0.102. The van der Waals surface area contributed by atoms with Crippen molar-refractivity contribution in [3.63, 3.8) is 0 Å². The first-order chi connectivity index (χ1) is 13.5. The lowest BCUT2D eigenvalue weighted by atomic mass is 10.1. The van der Waals surface area contributed by atoms with E-state index in [2.05, 4.69) is 27.8 Å². The molecule has 0 atom stereocenters. The van der Waals surface area contributed by atoms with Gasteiger partial charge in [-0.15, -0.1) is 0 Å². The van der Waals surface area contributed by atoms with Crippen LogP contribution in [0.2, 0.25) is 0 Å². The Labute approximate surface area is 160 Å². The van der Waals surface area contributed by atoms with Crippen molar-refractivity contribution in [2.75, 3.05) is 17.2 Å². The summed E-state index contributed by atoms with van der Waals surface area (Å²) in [4.78, 5) is 16.2. The largest absolute Gasteiger partial charge is 0.370 e. The second-order valence-electron chi connectivity index (χ2n) is 6.13. The van der Waals surface area contributed by atoms with E-state index in [9.17, 15) is 18.0 Å². The van der Waals surface area contributed by atoms with Gasteiger partial charge in [-0.2, -0.15) is 0 Å². The molecule has 7 heteroatoms. The highest BCUT2D eigenvalue weighted by atomic mass is 19.2. The van der Waals surface area contributed by atoms with Gasteiger partial charge in [0.15, 0.2) is 17.5 Å². The average Bonchev–Trinajstić information content (AvgIpc) is 2.71. The van der Waals surface area contributed by atoms with Crippen LogP contribution in [0.25, 0.3) is 0 Å². The first-order valence-electron chi connectivity index (χ1n) is 8.73. The van der Waals surface area contributed by atoms with Crippen LogP contribution in [-0.4, -0.2) is 17.4 Å². The van der Waals surface area contributed by atoms with Crippen LogP contribution in [0.3, 0.4) is 0 Å². The molecule has 3 rings (SSSR count). The second-order valence-corrected chi connectivity index (χ2v) is 6.13. The molecule has 1 amide bonds. The van der Waals surface area contributed by atoms with Gasteiger partial charge in [-0.3, -0.25) is 4.79 Å². The van der Waals surface area contributed by atoms with E-state index >= 15 is 0 Å². The molecule has 0 unspecified atom stereocenters. The average molecular weight is 385 g/mol. The van der Waals surface area contributed by atoms with Gasteiger partial charge in [0.05, 0.1) is 17.4 Å². The molecule has 0 aliphatic carbocycles. The number of pyridine rings is 1. The molecule has 0 aliphatic heterocycles. The maximum Gasteiger partial charge on any atom is 0.258 e. The number of carbonyl (C=O) groups excluding carboxylic acids is 1. The number of aryl methyl sites for hydroxylation is 1. The quantitative estimate of drug-likeness (QED) is 0.454. The minimum atomic E-state index is -1.68. The number of rotatable bonds is 7. The van der Waals surface area contributed by atoms with E-state index in [1.807, 2.05) is 18.2 Å². The zero-order valence-corrected chi connectivity index (χ0v) is 14.9. The molecular weight excluding hydrogens is 367 g/mol. The molecule has 0 bridgehead atoms. The first-order valence-corrected chi connectivity index (χ1v) is 8.73. The summed E-state index contributed by atoms with van der Waals surface area (Å²) in [5.74, 6) is -4.81. The van der Waals surface area contributed by atoms with Gasteiger partial charge >= 0.3 is 0 Å². The Kier molecular flexibility index (Phi) is 6.26. The van der Waals surface area contributed by atoms with Gasteiger partial charge < -0.3 is 10.6 Å². The topological polar surface area (TPSA) is 54.0 Å². The molecule has 2 N–H and O–H groups in total. The molecule has 3 aromatic rings. The van der Waals surface area contributed by atoms with E-state index in [4.69, 9.17) is 0 Å². The summed E-state index contributed by atoms with van der Waals surface area (Å²) in [5.41, 5.74) is 0.991. The van der Waals surface area contributed by atoms with Crippen molar-refractivity contribution in [3.05, 3.63) is 89.4 Å². The number of benzene rings is 2. The Morgan fingerprint density at radius 2 is 1.71 bits per heavy atom. The van der Waals surface area contributed by atoms with Crippen LogP contribution in [0.15, 0.2) is 60.8 Å². The molecule has 0 radical (unpaired) electrons. The van der Waals surface area contributed by atoms with Gasteiger partial charge in [0.2, 0.25) is 0 Å². The Morgan fingerprint density at radius 3 is 2.43 bits per heavy atom. The predicted octanol–water partition coefficient (Wildman–Crippen LogP) is 4.80. The third-order valence-electron chi connectivity index (χ3n) is 4.09. The summed E-state index contributed by atoms with van der Waals surface area (Å²) in [5, 5.41) is 5.58. The van der Waals surface area contributed by atoms with Gasteiger partial charge in [-0.25, -0.2) is 18.2 Å². The van der Waals surface area contributed by atoms with E-state index in [1.54, 1.807) is 12.1 Å². The summed E-state index contributed by atoms with van der Waals surface area (Å²) in [6, 6.07) is 15.0. The smallest absolute Gasteiger partial charge is 0.258 e. The van der Waals surface area contributed by atoms with Crippen molar-refractivity contribution in [1.82, 2.24) is 4.98 Å². The fourth-order valence-corrected chi connectivity index (χ4v) is 2.63. The van der Waals surface area contributed by atoms with Crippen molar-refractivity contribution in [2.45, 2.75) is 12.8 Å². The van der Waals surface area contributed by atoms with E-state index in [1.165, 1.54) is 11.8 Å². The normalized spacial score (nSPS) is 10.5. The summed E-state index contributed by atoms with van der Waals surface area (Å²) < 4.78 is 39.9. The number of hydrogen-bond donors (Lipinski definition) is 2. The highest BCUT2D eigenvalue weighted by Gasteiger charge is 2.18. The number of hydrogen-bond acceptors (Lipinski definition) is 3. The summed E-state index contributed by atoms with van der Waals surface area (Å²) in [6.45, 7) is 0.730. The zero-order chi connectivity index (χ0) is 19.9. The zero-order valence-electron chi connectivity index (χ0n) is 14.9. The number of aromatic nitrogens is 1. The van der Waals surface area contributed by atoms with Crippen LogP contribution in [0, 0.1) is 17.5 Å². The van der Waals surface area contributed by atoms with Gasteiger partial charge in [0.25, 0.3) is 5.91 Å². The first kappa shape index (κ1) is 19.4. The number of nitrogens with one attached hydrogen (secondary N) is 2. The lowest BCUT2D eigenvalue weighted by Gasteiger charge is -2.09. The molecule has 0 aliphatic rings. The minimum absolute atomic E-state index is 0.309. The monoisotopic (exact) mass is 385 g/mol. The maximum absolute atomic E-state index is 13.7. The molecule has 1 aromatic heterocycles. The highest BCUT2D eigenvalue weighted by Crippen LogP contribution is 2.17. The molecule has 28 heavy (non-hydrogen) atoms. The van der Waals surface area contributed by atoms with Crippen LogP contribution in [0.4, 0.5) is 24.7 Å². The van der Waals surface area contributed by atoms with Crippen molar-refractivity contribution in [1.29, 1.82) is 0 Å². The van der Waals surface area contributed by atoms with E-state index in [0.29, 0.717) is 17.6 Å². The van der Waals surface area contributed by atoms with Crippen molar-refractivity contribution < 1.29 is 18.0 Å². The van der Waals surface area contributed by atoms with Gasteiger partial charge in [0, 0.05) is 6.54 Å². The summed E-state index contributed by atoms with van der Waals surface area (Å²) in [6.07, 6.45) is 3.27. The van der Waals surface area contributed by atoms with E-state index < -0.39 is 28.9 Å². The van der Waals surface area contributed by atoms with Crippen LogP contribution in [0.1, 0.15) is 22.3 Å². The standard InChI is InChI=1S/C21H18F3N3O/c22-17-10-9-16(19(23)20(17)24)21(28)27-15-8-11-18(26-13-15)25-12-4-7-14-5-2-1-3-6-14/h1-3,5-6,8-11,13H,4,7,12H2,(H,25,26)(H,27,28). The number of anilines is 2. The van der Waals surface area contributed by atoms with Crippen LogP contribution in [-0.2, 0) is 6.42 Å². The maximum atomic E-state index is 13.7. The van der Waals surface area contributed by atoms with E-state index in [-0.39, 0.29) is 0 Å². The predicted molar refractivity (Wildman–Crippen MR) is 102 cm³/mol. The van der Waals surface area contributed by atoms with Crippen LogP contribution < -0.4 is 10.6 Å². The molecule has 2 aromatic carbocycles. The highest BCUT2D eigenvalue weighted by molar-refractivity contribution is 6.04. The molecule has 144 valence electrons. The Balaban J connectivity index is 1.51. The van der Waals surface area contributed by atoms with Gasteiger partial charge in [-0.1, -0.05) is 30.3 Å². The summed E-state index contributed by atoms with van der Waals surface area (Å²) >= 11 is 0. The number of nitrogens with zero attached hydrogens (tertiary/aromatic N) is 1. The fraction of sp³-hybridized carbons (Fsp3) is 0.143. The second kappa shape index (κ2) is 9.03. The van der Waals surface area contributed by atoms with Crippen molar-refractivity contribution in [2.24, 2.45) is 0 Å². The third-order valence-corrected chi connectivity index (χ3v) is 4.09. The Bertz CT molecular complexity index is 947. The van der Waals surface area contributed by atoms with Gasteiger partial charge in [-0.05, 0) is 42.7 Å². The van der Waals surface area contributed by atoms with Gasteiger partial charge in [0.1, 0.15) is 5.82 Å². The SMILES string of the molecule is O=C(Nc1ccc(NCCCc2ccccc2)nc1)c1ccc(F)c(F)c1F. The molecule has 0 fully saturated rings. The molecule has 0 saturated carbocycles. The lowest BCUT2D eigenvalue weighted by Crippen LogP contribution is -2.15. The van der Waals surface area contributed by atoms with E-state index in [0.717, 1.165) is 25.5 Å². The van der Waals surface area contributed by atoms with Crippen molar-refractivity contribution in [3.8, 4) is 0 Å². The number of halogens is 3. The van der Waals surface area contributed by atoms with Crippen LogP contribution in [0.5, 0.6) is 0 Å². The third kappa shape index (κ3) is 4.88. The molecule has 0 saturated heterocycles. The molecule has 1 heterocycles. The van der Waals surface area contributed by atoms with Crippen molar-refractivity contribution >= 4 is 17.4 Å². The Hall–Kier alpha value is -3.35. The number of amides is 1. The molecule has 4 nitrogen and oxygen atoms in total.